The van der Waals surface area contributed by atoms with Crippen molar-refractivity contribution in [2.75, 3.05) is 26.8 Å². The van der Waals surface area contributed by atoms with Gasteiger partial charge in [0.1, 0.15) is 11.5 Å². The number of nitrogens with zero attached hydrogens (tertiary/aromatic N) is 1. The van der Waals surface area contributed by atoms with Gasteiger partial charge >= 0.3 is 0 Å². The molecule has 0 atom stereocenters. The Bertz CT molecular complexity index is 877. The van der Waals surface area contributed by atoms with Gasteiger partial charge in [0.2, 0.25) is 0 Å². The standard InChI is InChI=1S/C25H29NO3/c1-28-23-10-6-20(7-11-23)17-25(19-27)12-14-26(15-13-25)18-21-4-8-22(9-5-21)24-3-2-16-29-24/h2-11,16,27H,12-15,17-19H2,1H3. The van der Waals surface area contributed by atoms with E-state index >= 15 is 0 Å². The van der Waals surface area contributed by atoms with E-state index in [1.807, 2.05) is 24.3 Å². The molecule has 4 rings (SSSR count). The quantitative estimate of drug-likeness (QED) is 0.630. The zero-order valence-electron chi connectivity index (χ0n) is 17.0. The topological polar surface area (TPSA) is 45.8 Å². The lowest BCUT2D eigenvalue weighted by molar-refractivity contribution is 0.0413. The van der Waals surface area contributed by atoms with E-state index in [0.717, 1.165) is 56.0 Å². The predicted molar refractivity (Wildman–Crippen MR) is 115 cm³/mol. The Morgan fingerprint density at radius 2 is 1.66 bits per heavy atom. The van der Waals surface area contributed by atoms with Crippen molar-refractivity contribution in [2.24, 2.45) is 5.41 Å². The zero-order chi connectivity index (χ0) is 20.1. The minimum Gasteiger partial charge on any atom is -0.497 e. The number of methoxy groups -OCH3 is 1. The van der Waals surface area contributed by atoms with Crippen molar-refractivity contribution in [3.05, 3.63) is 78.1 Å². The molecule has 0 radical (unpaired) electrons. The van der Waals surface area contributed by atoms with Crippen LogP contribution in [0.5, 0.6) is 5.75 Å². The maximum absolute atomic E-state index is 10.1. The van der Waals surface area contributed by atoms with Crippen LogP contribution >= 0.6 is 0 Å². The number of ether oxygens (including phenoxy) is 1. The summed E-state index contributed by atoms with van der Waals surface area (Å²) in [6, 6.07) is 20.7. The number of benzene rings is 2. The second-order valence-corrected chi connectivity index (χ2v) is 8.13. The van der Waals surface area contributed by atoms with E-state index in [1.54, 1.807) is 13.4 Å². The van der Waals surface area contributed by atoms with E-state index in [2.05, 4.69) is 41.3 Å². The fourth-order valence-corrected chi connectivity index (χ4v) is 4.23. The minimum atomic E-state index is -0.0196. The van der Waals surface area contributed by atoms with Crippen LogP contribution in [0.15, 0.2) is 71.3 Å². The third-order valence-electron chi connectivity index (χ3n) is 6.16. The van der Waals surface area contributed by atoms with Crippen molar-refractivity contribution in [3.63, 3.8) is 0 Å². The monoisotopic (exact) mass is 391 g/mol. The Kier molecular flexibility index (Phi) is 6.02. The van der Waals surface area contributed by atoms with Gasteiger partial charge in [0.15, 0.2) is 0 Å². The smallest absolute Gasteiger partial charge is 0.133 e. The molecular weight excluding hydrogens is 362 g/mol. The van der Waals surface area contributed by atoms with Gasteiger partial charge in [-0.2, -0.15) is 0 Å². The highest BCUT2D eigenvalue weighted by Gasteiger charge is 2.34. The van der Waals surface area contributed by atoms with Gasteiger partial charge in [0, 0.05) is 18.7 Å². The van der Waals surface area contributed by atoms with Gasteiger partial charge in [0.25, 0.3) is 0 Å². The van der Waals surface area contributed by atoms with Crippen LogP contribution in [-0.2, 0) is 13.0 Å². The average molecular weight is 392 g/mol. The summed E-state index contributed by atoms with van der Waals surface area (Å²) in [4.78, 5) is 2.49. The van der Waals surface area contributed by atoms with Crippen LogP contribution in [0.1, 0.15) is 24.0 Å². The molecule has 0 spiro atoms. The number of piperidine rings is 1. The van der Waals surface area contributed by atoms with Gasteiger partial charge in [-0.1, -0.05) is 36.4 Å². The maximum atomic E-state index is 10.1. The minimum absolute atomic E-state index is 0.0196. The lowest BCUT2D eigenvalue weighted by Gasteiger charge is -2.41. The van der Waals surface area contributed by atoms with E-state index in [0.29, 0.717) is 0 Å². The fraction of sp³-hybridized carbons (Fsp3) is 0.360. The van der Waals surface area contributed by atoms with Crippen molar-refractivity contribution in [1.29, 1.82) is 0 Å². The molecule has 1 N–H and O–H groups in total. The average Bonchev–Trinajstić information content (AvgIpc) is 3.31. The molecule has 29 heavy (non-hydrogen) atoms. The molecule has 0 bridgehead atoms. The second-order valence-electron chi connectivity index (χ2n) is 8.13. The molecular formula is C25H29NO3. The van der Waals surface area contributed by atoms with Gasteiger partial charge in [-0.25, -0.2) is 0 Å². The molecule has 0 aliphatic carbocycles. The van der Waals surface area contributed by atoms with Gasteiger partial charge in [-0.05, 0) is 73.2 Å². The van der Waals surface area contributed by atoms with Gasteiger partial charge in [0.05, 0.1) is 13.4 Å². The Labute approximate surface area is 172 Å². The highest BCUT2D eigenvalue weighted by Crippen LogP contribution is 2.35. The predicted octanol–water partition coefficient (Wildman–Crippen LogP) is 4.77. The number of hydrogen-bond acceptors (Lipinski definition) is 4. The number of aliphatic hydroxyl groups excluding tert-OH is 1. The van der Waals surface area contributed by atoms with Crippen molar-refractivity contribution in [1.82, 2.24) is 4.90 Å². The van der Waals surface area contributed by atoms with Crippen LogP contribution in [-0.4, -0.2) is 36.8 Å². The molecule has 0 unspecified atom stereocenters. The number of aliphatic hydroxyl groups is 1. The van der Waals surface area contributed by atoms with Crippen molar-refractivity contribution >= 4 is 0 Å². The third-order valence-corrected chi connectivity index (χ3v) is 6.16. The number of rotatable bonds is 7. The SMILES string of the molecule is COc1ccc(CC2(CO)CCN(Cc3ccc(-c4ccco4)cc3)CC2)cc1. The Hall–Kier alpha value is -2.56. The molecule has 4 nitrogen and oxygen atoms in total. The third kappa shape index (κ3) is 4.72. The Balaban J connectivity index is 1.33. The molecule has 1 aliphatic heterocycles. The molecule has 1 saturated heterocycles. The van der Waals surface area contributed by atoms with Crippen LogP contribution in [0.25, 0.3) is 11.3 Å². The number of likely N-dealkylation sites (tertiary alicyclic amines) is 1. The summed E-state index contributed by atoms with van der Waals surface area (Å²) in [7, 11) is 1.69. The van der Waals surface area contributed by atoms with Crippen LogP contribution in [0.4, 0.5) is 0 Å². The first-order chi connectivity index (χ1) is 14.2. The summed E-state index contributed by atoms with van der Waals surface area (Å²) in [6.07, 6.45) is 4.65. The maximum Gasteiger partial charge on any atom is 0.133 e. The van der Waals surface area contributed by atoms with Crippen LogP contribution in [0, 0.1) is 5.41 Å². The fourth-order valence-electron chi connectivity index (χ4n) is 4.23. The summed E-state index contributed by atoms with van der Waals surface area (Å²) < 4.78 is 10.7. The molecule has 152 valence electrons. The summed E-state index contributed by atoms with van der Waals surface area (Å²) in [5.41, 5.74) is 3.67. The summed E-state index contributed by atoms with van der Waals surface area (Å²) >= 11 is 0. The molecule has 4 heteroatoms. The largest absolute Gasteiger partial charge is 0.497 e. The first-order valence-corrected chi connectivity index (χ1v) is 10.3. The second kappa shape index (κ2) is 8.85. The van der Waals surface area contributed by atoms with Crippen LogP contribution in [0.3, 0.4) is 0 Å². The lowest BCUT2D eigenvalue weighted by Crippen LogP contribution is -2.42. The Morgan fingerprint density at radius 3 is 2.24 bits per heavy atom. The van der Waals surface area contributed by atoms with Gasteiger partial charge in [-0.3, -0.25) is 4.90 Å². The summed E-state index contributed by atoms with van der Waals surface area (Å²) in [6.45, 7) is 3.21. The molecule has 0 amide bonds. The summed E-state index contributed by atoms with van der Waals surface area (Å²) in [5.74, 6) is 1.78. The van der Waals surface area contributed by atoms with Crippen LogP contribution < -0.4 is 4.74 Å². The highest BCUT2D eigenvalue weighted by molar-refractivity contribution is 5.57. The molecule has 1 aliphatic rings. The van der Waals surface area contributed by atoms with E-state index in [1.165, 1.54) is 11.1 Å². The molecule has 2 aromatic carbocycles. The molecule has 2 heterocycles. The van der Waals surface area contributed by atoms with Crippen molar-refractivity contribution in [2.45, 2.75) is 25.8 Å². The zero-order valence-corrected chi connectivity index (χ0v) is 17.0. The van der Waals surface area contributed by atoms with Crippen molar-refractivity contribution in [3.8, 4) is 17.1 Å². The van der Waals surface area contributed by atoms with E-state index in [-0.39, 0.29) is 12.0 Å². The van der Waals surface area contributed by atoms with E-state index in [4.69, 9.17) is 9.15 Å². The van der Waals surface area contributed by atoms with Gasteiger partial charge < -0.3 is 14.3 Å². The van der Waals surface area contributed by atoms with Crippen LogP contribution in [0.2, 0.25) is 0 Å². The van der Waals surface area contributed by atoms with E-state index < -0.39 is 0 Å². The molecule has 0 saturated carbocycles. The highest BCUT2D eigenvalue weighted by atomic mass is 16.5. The normalized spacial score (nSPS) is 16.6. The number of furan rings is 1. The Morgan fingerprint density at radius 1 is 0.966 bits per heavy atom. The lowest BCUT2D eigenvalue weighted by atomic mass is 9.74. The molecule has 1 aromatic heterocycles. The van der Waals surface area contributed by atoms with Gasteiger partial charge in [-0.15, -0.1) is 0 Å². The summed E-state index contributed by atoms with van der Waals surface area (Å²) in [5, 5.41) is 10.1. The van der Waals surface area contributed by atoms with Crippen molar-refractivity contribution < 1.29 is 14.3 Å². The molecule has 1 fully saturated rings. The van der Waals surface area contributed by atoms with E-state index in [9.17, 15) is 5.11 Å². The first kappa shape index (κ1) is 19.7. The molecule has 3 aromatic rings. The first-order valence-electron chi connectivity index (χ1n) is 10.3. The number of hydrogen-bond donors (Lipinski definition) is 1.